The average Bonchev–Trinajstić information content (AvgIpc) is 3.00. The van der Waals surface area contributed by atoms with Gasteiger partial charge < -0.3 is 9.84 Å². The Morgan fingerprint density at radius 2 is 1.79 bits per heavy atom. The number of pyridine rings is 1. The summed E-state index contributed by atoms with van der Waals surface area (Å²) in [6.07, 6.45) is -3.20. The van der Waals surface area contributed by atoms with Gasteiger partial charge in [0.2, 0.25) is 0 Å². The Kier molecular flexibility index (Phi) is 5.36. The topological polar surface area (TPSA) is 75.0 Å². The van der Waals surface area contributed by atoms with Gasteiger partial charge in [-0.1, -0.05) is 17.7 Å². The van der Waals surface area contributed by atoms with Crippen LogP contribution in [0.25, 0.3) is 0 Å². The molecule has 0 spiro atoms. The van der Waals surface area contributed by atoms with E-state index < -0.39 is 30.8 Å². The second kappa shape index (κ2) is 7.47. The van der Waals surface area contributed by atoms with Gasteiger partial charge in [-0.25, -0.2) is 0 Å². The van der Waals surface area contributed by atoms with Gasteiger partial charge in [-0.15, -0.1) is 0 Å². The maximum absolute atomic E-state index is 13.6. The predicted octanol–water partition coefficient (Wildman–Crippen LogP) is 3.27. The van der Waals surface area contributed by atoms with E-state index >= 15 is 0 Å². The lowest BCUT2D eigenvalue weighted by molar-refractivity contribution is -0.302. The Bertz CT molecular complexity index is 937. The highest BCUT2D eigenvalue weighted by Gasteiger charge is 2.63. The van der Waals surface area contributed by atoms with E-state index in [-0.39, 0.29) is 10.7 Å². The predicted molar refractivity (Wildman–Crippen MR) is 99.4 cm³/mol. The minimum atomic E-state index is -5.10. The number of benzene rings is 1. The Hall–Kier alpha value is -2.94. The van der Waals surface area contributed by atoms with Crippen LogP contribution in [-0.4, -0.2) is 45.2 Å². The van der Waals surface area contributed by atoms with Crippen LogP contribution in [0, 0.1) is 20.8 Å². The Morgan fingerprint density at radius 3 is 2.34 bits per heavy atom. The molecule has 1 aromatic heterocycles. The first-order valence-electron chi connectivity index (χ1n) is 8.83. The van der Waals surface area contributed by atoms with Gasteiger partial charge in [-0.2, -0.15) is 23.3 Å². The van der Waals surface area contributed by atoms with Crippen LogP contribution in [0.2, 0.25) is 0 Å². The summed E-state index contributed by atoms with van der Waals surface area (Å²) in [6, 6.07) is 6.60. The largest absolute Gasteiger partial charge is 0.483 e. The van der Waals surface area contributed by atoms with Crippen LogP contribution >= 0.6 is 0 Å². The fraction of sp³-hybridized carbons (Fsp3) is 0.350. The summed E-state index contributed by atoms with van der Waals surface area (Å²) in [4.78, 5) is 16.4. The van der Waals surface area contributed by atoms with Crippen molar-refractivity contribution >= 4 is 11.6 Å². The van der Waals surface area contributed by atoms with E-state index in [1.165, 1.54) is 24.5 Å². The van der Waals surface area contributed by atoms with Crippen LogP contribution in [0.3, 0.4) is 0 Å². The summed E-state index contributed by atoms with van der Waals surface area (Å²) >= 11 is 0. The van der Waals surface area contributed by atoms with Gasteiger partial charge in [-0.3, -0.25) is 9.78 Å². The normalized spacial score (nSPS) is 19.3. The molecule has 1 amide bonds. The van der Waals surface area contributed by atoms with Crippen molar-refractivity contribution in [1.82, 2.24) is 9.99 Å². The van der Waals surface area contributed by atoms with Gasteiger partial charge >= 0.3 is 6.18 Å². The number of hydrazone groups is 1. The number of aliphatic hydroxyl groups is 1. The summed E-state index contributed by atoms with van der Waals surface area (Å²) in [6.45, 7) is 4.76. The molecule has 1 aliphatic rings. The number of rotatable bonds is 4. The molecule has 1 aliphatic heterocycles. The molecule has 29 heavy (non-hydrogen) atoms. The lowest BCUT2D eigenvalue weighted by Gasteiger charge is -2.32. The van der Waals surface area contributed by atoms with Crippen molar-refractivity contribution in [3.8, 4) is 5.75 Å². The third-order valence-corrected chi connectivity index (χ3v) is 4.63. The second-order valence-corrected chi connectivity index (χ2v) is 7.00. The highest BCUT2D eigenvalue weighted by molar-refractivity contribution is 6.03. The van der Waals surface area contributed by atoms with Crippen LogP contribution in [0.15, 0.2) is 41.8 Å². The molecule has 0 saturated carbocycles. The average molecular weight is 407 g/mol. The van der Waals surface area contributed by atoms with Gasteiger partial charge in [0.1, 0.15) is 5.75 Å². The Labute approximate surface area is 165 Å². The molecule has 0 aliphatic carbocycles. The number of amides is 1. The highest BCUT2D eigenvalue weighted by atomic mass is 19.4. The van der Waals surface area contributed by atoms with Gasteiger partial charge in [0.15, 0.2) is 6.61 Å². The number of hydrogen-bond acceptors (Lipinski definition) is 5. The van der Waals surface area contributed by atoms with Crippen molar-refractivity contribution < 1.29 is 27.8 Å². The SMILES string of the molecule is Cc1cc(C)c(OCC(=O)N2N=C(c3ccncc3)C[C@@]2(O)C(F)(F)F)c(C)c1. The summed E-state index contributed by atoms with van der Waals surface area (Å²) in [7, 11) is 0. The molecule has 1 aromatic carbocycles. The fourth-order valence-corrected chi connectivity index (χ4v) is 3.32. The Morgan fingerprint density at radius 1 is 1.21 bits per heavy atom. The maximum atomic E-state index is 13.6. The van der Waals surface area contributed by atoms with E-state index in [0.29, 0.717) is 11.3 Å². The molecule has 0 bridgehead atoms. The number of ether oxygens (including phenoxy) is 1. The number of aromatic nitrogens is 1. The molecular formula is C20H20F3N3O3. The molecule has 2 aromatic rings. The second-order valence-electron chi connectivity index (χ2n) is 7.00. The molecule has 9 heteroatoms. The number of halogens is 3. The molecule has 1 N–H and O–H groups in total. The van der Waals surface area contributed by atoms with Gasteiger partial charge in [0, 0.05) is 18.0 Å². The standard InChI is InChI=1S/C20H20F3N3O3/c1-12-8-13(2)18(14(3)9-12)29-11-17(27)26-19(28,20(21,22)23)10-16(25-26)15-4-6-24-7-5-15/h4-9,28H,10-11H2,1-3H3/t19-/m1/s1. The first-order valence-corrected chi connectivity index (χ1v) is 8.83. The molecule has 0 fully saturated rings. The molecule has 3 rings (SSSR count). The minimum Gasteiger partial charge on any atom is -0.483 e. The zero-order valence-corrected chi connectivity index (χ0v) is 16.1. The summed E-state index contributed by atoms with van der Waals surface area (Å²) in [5.41, 5.74) is -0.667. The number of hydrogen-bond donors (Lipinski definition) is 1. The number of alkyl halides is 3. The number of nitrogens with zero attached hydrogens (tertiary/aromatic N) is 3. The first-order chi connectivity index (χ1) is 13.5. The van der Waals surface area contributed by atoms with Crippen molar-refractivity contribution in [2.45, 2.75) is 39.1 Å². The summed E-state index contributed by atoms with van der Waals surface area (Å²) < 4.78 is 46.3. The molecule has 6 nitrogen and oxygen atoms in total. The van der Waals surface area contributed by atoms with Crippen molar-refractivity contribution in [2.24, 2.45) is 5.10 Å². The summed E-state index contributed by atoms with van der Waals surface area (Å²) in [5.74, 6) is -0.690. The third-order valence-electron chi connectivity index (χ3n) is 4.63. The van der Waals surface area contributed by atoms with Gasteiger partial charge in [-0.05, 0) is 44.0 Å². The molecule has 1 atom stereocenters. The van der Waals surface area contributed by atoms with Crippen molar-refractivity contribution in [1.29, 1.82) is 0 Å². The van der Waals surface area contributed by atoms with Gasteiger partial charge in [0.25, 0.3) is 11.6 Å². The molecule has 154 valence electrons. The smallest absolute Gasteiger partial charge is 0.438 e. The summed E-state index contributed by atoms with van der Waals surface area (Å²) in [5, 5.41) is 14.2. The van der Waals surface area contributed by atoms with Crippen LogP contribution in [-0.2, 0) is 4.79 Å². The van der Waals surface area contributed by atoms with E-state index in [2.05, 4.69) is 10.1 Å². The zero-order chi connectivity index (χ0) is 21.4. The third kappa shape index (κ3) is 3.95. The van der Waals surface area contributed by atoms with Crippen LogP contribution in [0.1, 0.15) is 28.7 Å². The molecule has 0 saturated heterocycles. The quantitative estimate of drug-likeness (QED) is 0.844. The zero-order valence-electron chi connectivity index (χ0n) is 16.1. The molecule has 0 unspecified atom stereocenters. The van der Waals surface area contributed by atoms with Crippen LogP contribution in [0.4, 0.5) is 13.2 Å². The number of carbonyl (C=O) groups excluding carboxylic acids is 1. The number of carbonyl (C=O) groups is 1. The lowest BCUT2D eigenvalue weighted by atomic mass is 10.0. The monoisotopic (exact) mass is 407 g/mol. The van der Waals surface area contributed by atoms with Crippen molar-refractivity contribution in [2.75, 3.05) is 6.61 Å². The van der Waals surface area contributed by atoms with E-state index in [0.717, 1.165) is 16.7 Å². The maximum Gasteiger partial charge on any atom is 0.438 e. The molecule has 2 heterocycles. The van der Waals surface area contributed by atoms with E-state index in [1.54, 1.807) is 13.8 Å². The molecular weight excluding hydrogens is 387 g/mol. The van der Waals surface area contributed by atoms with Crippen LogP contribution < -0.4 is 4.74 Å². The minimum absolute atomic E-state index is 0.0664. The highest BCUT2D eigenvalue weighted by Crippen LogP contribution is 2.41. The lowest BCUT2D eigenvalue weighted by Crippen LogP contribution is -2.57. The Balaban J connectivity index is 1.87. The van der Waals surface area contributed by atoms with E-state index in [4.69, 9.17) is 4.74 Å². The number of aryl methyl sites for hydroxylation is 3. The van der Waals surface area contributed by atoms with Crippen molar-refractivity contribution in [3.63, 3.8) is 0 Å². The first kappa shape index (κ1) is 20.8. The van der Waals surface area contributed by atoms with Crippen LogP contribution in [0.5, 0.6) is 5.75 Å². The van der Waals surface area contributed by atoms with Crippen molar-refractivity contribution in [3.05, 3.63) is 58.9 Å². The molecule has 0 radical (unpaired) electrons. The van der Waals surface area contributed by atoms with E-state index in [1.807, 2.05) is 19.1 Å². The van der Waals surface area contributed by atoms with E-state index in [9.17, 15) is 23.1 Å². The van der Waals surface area contributed by atoms with Gasteiger partial charge in [0.05, 0.1) is 12.1 Å². The fourth-order valence-electron chi connectivity index (χ4n) is 3.32.